The Bertz CT molecular complexity index is 420. The molecule has 0 atom stereocenters. The molecular weight excluding hydrogens is 264 g/mol. The average Bonchev–Trinajstić information content (AvgIpc) is 2.44. The second-order valence-electron chi connectivity index (χ2n) is 4.55. The number of morpholine rings is 1. The van der Waals surface area contributed by atoms with Crippen LogP contribution in [0.5, 0.6) is 0 Å². The van der Waals surface area contributed by atoms with Crippen molar-refractivity contribution in [2.75, 3.05) is 32.8 Å². The Balaban J connectivity index is 1.65. The number of hydrogen-bond acceptors (Lipinski definition) is 3. The summed E-state index contributed by atoms with van der Waals surface area (Å²) in [5, 5.41) is 4.00. The van der Waals surface area contributed by atoms with Gasteiger partial charge in [-0.2, -0.15) is 0 Å². The minimum atomic E-state index is 0.196. The lowest BCUT2D eigenvalue weighted by Gasteiger charge is -2.26. The first-order valence-electron chi connectivity index (χ1n) is 6.56. The Morgan fingerprint density at radius 1 is 1.37 bits per heavy atom. The van der Waals surface area contributed by atoms with Crippen molar-refractivity contribution in [3.05, 3.63) is 34.9 Å². The summed E-state index contributed by atoms with van der Waals surface area (Å²) in [4.78, 5) is 13.7. The molecule has 1 N–H and O–H groups in total. The molecule has 1 amide bonds. The second-order valence-corrected chi connectivity index (χ2v) is 4.99. The highest BCUT2D eigenvalue weighted by atomic mass is 35.5. The molecule has 0 radical (unpaired) electrons. The molecule has 1 heterocycles. The van der Waals surface area contributed by atoms with E-state index >= 15 is 0 Å². The van der Waals surface area contributed by atoms with E-state index < -0.39 is 0 Å². The Morgan fingerprint density at radius 2 is 2.16 bits per heavy atom. The van der Waals surface area contributed by atoms with Gasteiger partial charge in [0, 0.05) is 37.6 Å². The summed E-state index contributed by atoms with van der Waals surface area (Å²) >= 11 is 5.91. The third-order valence-electron chi connectivity index (χ3n) is 3.10. The van der Waals surface area contributed by atoms with E-state index in [1.54, 1.807) is 0 Å². The molecule has 1 aliphatic heterocycles. The van der Waals surface area contributed by atoms with E-state index in [0.29, 0.717) is 39.3 Å². The summed E-state index contributed by atoms with van der Waals surface area (Å²) in [5.41, 5.74) is 1.13. The van der Waals surface area contributed by atoms with Crippen molar-refractivity contribution in [1.82, 2.24) is 10.2 Å². The normalized spacial score (nSPS) is 15.5. The van der Waals surface area contributed by atoms with Gasteiger partial charge in [-0.25, -0.2) is 0 Å². The van der Waals surface area contributed by atoms with E-state index in [1.165, 1.54) is 0 Å². The molecule has 0 bridgehead atoms. The number of rotatable bonds is 5. The first kappa shape index (κ1) is 14.3. The van der Waals surface area contributed by atoms with Crippen LogP contribution in [0.25, 0.3) is 0 Å². The van der Waals surface area contributed by atoms with Gasteiger partial charge in [0.15, 0.2) is 0 Å². The van der Waals surface area contributed by atoms with Crippen LogP contribution in [-0.2, 0) is 16.1 Å². The van der Waals surface area contributed by atoms with Gasteiger partial charge in [-0.15, -0.1) is 0 Å². The van der Waals surface area contributed by atoms with E-state index in [9.17, 15) is 4.79 Å². The van der Waals surface area contributed by atoms with Gasteiger partial charge in [-0.1, -0.05) is 23.7 Å². The Labute approximate surface area is 118 Å². The zero-order chi connectivity index (χ0) is 13.5. The molecule has 1 aromatic rings. The van der Waals surface area contributed by atoms with Crippen molar-refractivity contribution in [2.24, 2.45) is 0 Å². The van der Waals surface area contributed by atoms with Crippen LogP contribution in [0.1, 0.15) is 12.0 Å². The largest absolute Gasteiger partial charge is 0.378 e. The molecule has 5 heteroatoms. The van der Waals surface area contributed by atoms with Gasteiger partial charge in [-0.3, -0.25) is 4.79 Å². The van der Waals surface area contributed by atoms with Gasteiger partial charge in [-0.05, 0) is 17.7 Å². The molecule has 0 aliphatic carbocycles. The lowest BCUT2D eigenvalue weighted by Crippen LogP contribution is -2.41. The van der Waals surface area contributed by atoms with Crippen LogP contribution in [0.15, 0.2) is 24.3 Å². The number of nitrogens with one attached hydrogen (secondary N) is 1. The van der Waals surface area contributed by atoms with Crippen LogP contribution in [-0.4, -0.2) is 43.7 Å². The van der Waals surface area contributed by atoms with Crippen molar-refractivity contribution in [3.63, 3.8) is 0 Å². The summed E-state index contributed by atoms with van der Waals surface area (Å²) in [7, 11) is 0. The minimum Gasteiger partial charge on any atom is -0.378 e. The van der Waals surface area contributed by atoms with Crippen LogP contribution in [0.3, 0.4) is 0 Å². The van der Waals surface area contributed by atoms with E-state index in [2.05, 4.69) is 5.32 Å². The Morgan fingerprint density at radius 3 is 2.89 bits per heavy atom. The van der Waals surface area contributed by atoms with E-state index in [1.807, 2.05) is 29.2 Å². The van der Waals surface area contributed by atoms with Crippen LogP contribution in [0.2, 0.25) is 5.02 Å². The number of halogens is 1. The summed E-state index contributed by atoms with van der Waals surface area (Å²) in [6, 6.07) is 7.73. The molecule has 4 nitrogen and oxygen atoms in total. The number of hydrogen-bond donors (Lipinski definition) is 1. The molecule has 1 saturated heterocycles. The molecule has 0 aromatic heterocycles. The van der Waals surface area contributed by atoms with Crippen molar-refractivity contribution < 1.29 is 9.53 Å². The van der Waals surface area contributed by atoms with Gasteiger partial charge in [0.2, 0.25) is 5.91 Å². The quantitative estimate of drug-likeness (QED) is 0.836. The summed E-state index contributed by atoms with van der Waals surface area (Å²) in [5.74, 6) is 0.196. The molecule has 0 spiro atoms. The number of amides is 1. The van der Waals surface area contributed by atoms with Gasteiger partial charge < -0.3 is 15.0 Å². The molecule has 1 aromatic carbocycles. The fraction of sp³-hybridized carbons (Fsp3) is 0.500. The monoisotopic (exact) mass is 282 g/mol. The molecular formula is C14H19ClN2O2. The maximum Gasteiger partial charge on any atom is 0.224 e. The van der Waals surface area contributed by atoms with Crippen LogP contribution in [0, 0.1) is 0 Å². The topological polar surface area (TPSA) is 41.6 Å². The predicted octanol–water partition coefficient (Wildman–Crippen LogP) is 1.68. The summed E-state index contributed by atoms with van der Waals surface area (Å²) in [6.45, 7) is 4.16. The van der Waals surface area contributed by atoms with Crippen molar-refractivity contribution in [1.29, 1.82) is 0 Å². The SMILES string of the molecule is O=C(CCNCc1cccc(Cl)c1)N1CCOCC1. The highest BCUT2D eigenvalue weighted by molar-refractivity contribution is 6.30. The van der Waals surface area contributed by atoms with Gasteiger partial charge >= 0.3 is 0 Å². The van der Waals surface area contributed by atoms with E-state index in [-0.39, 0.29) is 5.91 Å². The van der Waals surface area contributed by atoms with Gasteiger partial charge in [0.05, 0.1) is 13.2 Å². The average molecular weight is 283 g/mol. The molecule has 19 heavy (non-hydrogen) atoms. The van der Waals surface area contributed by atoms with Crippen LogP contribution >= 0.6 is 11.6 Å². The Kier molecular flexibility index (Phi) is 5.63. The zero-order valence-electron chi connectivity index (χ0n) is 10.9. The third-order valence-corrected chi connectivity index (χ3v) is 3.33. The standard InChI is InChI=1S/C14H19ClN2O2/c15-13-3-1-2-12(10-13)11-16-5-4-14(18)17-6-8-19-9-7-17/h1-3,10,16H,4-9,11H2. The number of ether oxygens (including phenoxy) is 1. The molecule has 0 unspecified atom stereocenters. The maximum absolute atomic E-state index is 11.9. The first-order chi connectivity index (χ1) is 9.25. The molecule has 1 fully saturated rings. The van der Waals surface area contributed by atoms with Gasteiger partial charge in [0.25, 0.3) is 0 Å². The fourth-order valence-corrected chi connectivity index (χ4v) is 2.26. The van der Waals surface area contributed by atoms with E-state index in [0.717, 1.165) is 17.1 Å². The number of benzene rings is 1. The fourth-order valence-electron chi connectivity index (χ4n) is 2.05. The first-order valence-corrected chi connectivity index (χ1v) is 6.94. The van der Waals surface area contributed by atoms with E-state index in [4.69, 9.17) is 16.3 Å². The Hall–Kier alpha value is -1.10. The highest BCUT2D eigenvalue weighted by Crippen LogP contribution is 2.10. The molecule has 104 valence electrons. The van der Waals surface area contributed by atoms with Crippen molar-refractivity contribution in [2.45, 2.75) is 13.0 Å². The van der Waals surface area contributed by atoms with Crippen molar-refractivity contribution >= 4 is 17.5 Å². The second kappa shape index (κ2) is 7.48. The molecule has 0 saturated carbocycles. The minimum absolute atomic E-state index is 0.196. The third kappa shape index (κ3) is 4.82. The van der Waals surface area contributed by atoms with Gasteiger partial charge in [0.1, 0.15) is 0 Å². The zero-order valence-corrected chi connectivity index (χ0v) is 11.7. The predicted molar refractivity (Wildman–Crippen MR) is 75.2 cm³/mol. The van der Waals surface area contributed by atoms with Crippen LogP contribution in [0.4, 0.5) is 0 Å². The number of carbonyl (C=O) groups is 1. The number of carbonyl (C=O) groups excluding carboxylic acids is 1. The summed E-state index contributed by atoms with van der Waals surface area (Å²) < 4.78 is 5.22. The highest BCUT2D eigenvalue weighted by Gasteiger charge is 2.15. The van der Waals surface area contributed by atoms with Crippen LogP contribution < -0.4 is 5.32 Å². The lowest BCUT2D eigenvalue weighted by atomic mass is 10.2. The summed E-state index contributed by atoms with van der Waals surface area (Å²) in [6.07, 6.45) is 0.528. The molecule has 1 aliphatic rings. The number of nitrogens with zero attached hydrogens (tertiary/aromatic N) is 1. The lowest BCUT2D eigenvalue weighted by molar-refractivity contribution is -0.135. The maximum atomic E-state index is 11.9. The van der Waals surface area contributed by atoms with Crippen molar-refractivity contribution in [3.8, 4) is 0 Å². The smallest absolute Gasteiger partial charge is 0.224 e. The molecule has 2 rings (SSSR count).